The van der Waals surface area contributed by atoms with Gasteiger partial charge in [-0.3, -0.25) is 9.79 Å². The molecule has 1 aromatic heterocycles. The van der Waals surface area contributed by atoms with Crippen molar-refractivity contribution in [2.24, 2.45) is 10.9 Å². The number of amides is 1. The standard InChI is InChI=1S/C19H26N4O2.HI/c1-14(2)18(24)23-16-8-6-15(7-9-16)13-22-19(20-3)21-11-10-17-5-4-12-25-17;/h4-9,12,14H,10-11,13H2,1-3H3,(H,23,24)(H2,20,21,22);1H. The summed E-state index contributed by atoms with van der Waals surface area (Å²) >= 11 is 0. The first-order valence-electron chi connectivity index (χ1n) is 8.45. The molecule has 1 aromatic carbocycles. The van der Waals surface area contributed by atoms with E-state index in [1.165, 1.54) is 0 Å². The number of furan rings is 1. The molecule has 0 saturated heterocycles. The second-order valence-corrected chi connectivity index (χ2v) is 6.02. The number of halogens is 1. The van der Waals surface area contributed by atoms with E-state index in [1.807, 2.05) is 50.2 Å². The third-order valence-corrected chi connectivity index (χ3v) is 3.67. The molecule has 0 unspecified atom stereocenters. The molecule has 0 aliphatic carbocycles. The summed E-state index contributed by atoms with van der Waals surface area (Å²) in [6.07, 6.45) is 2.48. The molecule has 6 nitrogen and oxygen atoms in total. The molecule has 0 radical (unpaired) electrons. The molecule has 26 heavy (non-hydrogen) atoms. The predicted octanol–water partition coefficient (Wildman–Crippen LogP) is 3.40. The van der Waals surface area contributed by atoms with Gasteiger partial charge in [0.25, 0.3) is 0 Å². The van der Waals surface area contributed by atoms with Gasteiger partial charge in [0.2, 0.25) is 5.91 Å². The van der Waals surface area contributed by atoms with Crippen molar-refractivity contribution in [3.63, 3.8) is 0 Å². The lowest BCUT2D eigenvalue weighted by Crippen LogP contribution is -2.37. The van der Waals surface area contributed by atoms with Gasteiger partial charge in [0.15, 0.2) is 5.96 Å². The van der Waals surface area contributed by atoms with Crippen LogP contribution in [0.2, 0.25) is 0 Å². The number of aliphatic imine (C=N–C) groups is 1. The lowest BCUT2D eigenvalue weighted by Gasteiger charge is -2.12. The molecule has 2 aromatic rings. The van der Waals surface area contributed by atoms with Crippen LogP contribution in [-0.2, 0) is 17.8 Å². The van der Waals surface area contributed by atoms with Crippen LogP contribution in [0.1, 0.15) is 25.2 Å². The first-order valence-corrected chi connectivity index (χ1v) is 8.45. The number of guanidine groups is 1. The molecule has 2 rings (SSSR count). The lowest BCUT2D eigenvalue weighted by atomic mass is 10.1. The average Bonchev–Trinajstić information content (AvgIpc) is 3.12. The van der Waals surface area contributed by atoms with Crippen LogP contribution in [0.15, 0.2) is 52.1 Å². The van der Waals surface area contributed by atoms with Crippen molar-refractivity contribution in [1.82, 2.24) is 10.6 Å². The van der Waals surface area contributed by atoms with Crippen molar-refractivity contribution in [1.29, 1.82) is 0 Å². The summed E-state index contributed by atoms with van der Waals surface area (Å²) in [5.74, 6) is 1.68. The molecule has 0 spiro atoms. The SMILES string of the molecule is CN=C(NCCc1ccco1)NCc1ccc(NC(=O)C(C)C)cc1.I. The maximum absolute atomic E-state index is 11.7. The molecule has 0 fully saturated rings. The minimum atomic E-state index is -0.0306. The summed E-state index contributed by atoms with van der Waals surface area (Å²) in [6.45, 7) is 5.14. The first-order chi connectivity index (χ1) is 12.1. The van der Waals surface area contributed by atoms with Gasteiger partial charge in [-0.2, -0.15) is 0 Å². The number of hydrogen-bond donors (Lipinski definition) is 3. The maximum Gasteiger partial charge on any atom is 0.226 e. The van der Waals surface area contributed by atoms with E-state index < -0.39 is 0 Å². The molecule has 0 bridgehead atoms. The smallest absolute Gasteiger partial charge is 0.226 e. The molecule has 7 heteroatoms. The van der Waals surface area contributed by atoms with Gasteiger partial charge in [0.05, 0.1) is 6.26 Å². The molecule has 1 heterocycles. The van der Waals surface area contributed by atoms with Crippen molar-refractivity contribution in [2.45, 2.75) is 26.8 Å². The molecule has 3 N–H and O–H groups in total. The highest BCUT2D eigenvalue weighted by atomic mass is 127. The van der Waals surface area contributed by atoms with E-state index in [1.54, 1.807) is 13.3 Å². The van der Waals surface area contributed by atoms with Gasteiger partial charge < -0.3 is 20.4 Å². The van der Waals surface area contributed by atoms with E-state index in [9.17, 15) is 4.79 Å². The summed E-state index contributed by atoms with van der Waals surface area (Å²) in [7, 11) is 1.74. The van der Waals surface area contributed by atoms with E-state index >= 15 is 0 Å². The zero-order valence-electron chi connectivity index (χ0n) is 15.4. The van der Waals surface area contributed by atoms with E-state index in [0.29, 0.717) is 6.54 Å². The summed E-state index contributed by atoms with van der Waals surface area (Å²) in [5.41, 5.74) is 1.92. The number of carbonyl (C=O) groups excluding carboxylic acids is 1. The molecule has 1 amide bonds. The van der Waals surface area contributed by atoms with E-state index in [4.69, 9.17) is 4.42 Å². The van der Waals surface area contributed by atoms with Crippen molar-refractivity contribution in [2.75, 3.05) is 18.9 Å². The van der Waals surface area contributed by atoms with Crippen LogP contribution in [0.4, 0.5) is 5.69 Å². The van der Waals surface area contributed by atoms with Crippen molar-refractivity contribution in [3.05, 3.63) is 54.0 Å². The van der Waals surface area contributed by atoms with Crippen LogP contribution in [-0.4, -0.2) is 25.5 Å². The average molecular weight is 470 g/mol. The minimum Gasteiger partial charge on any atom is -0.469 e. The largest absolute Gasteiger partial charge is 0.469 e. The summed E-state index contributed by atoms with van der Waals surface area (Å²) in [5, 5.41) is 9.40. The van der Waals surface area contributed by atoms with Gasteiger partial charge in [0.1, 0.15) is 5.76 Å². The van der Waals surface area contributed by atoms with Gasteiger partial charge in [-0.25, -0.2) is 0 Å². The maximum atomic E-state index is 11.7. The minimum absolute atomic E-state index is 0. The molecule has 142 valence electrons. The third-order valence-electron chi connectivity index (χ3n) is 3.67. The summed E-state index contributed by atoms with van der Waals surface area (Å²) in [6, 6.07) is 11.6. The van der Waals surface area contributed by atoms with Crippen molar-refractivity contribution >= 4 is 41.5 Å². The topological polar surface area (TPSA) is 78.7 Å². The Balaban J connectivity index is 0.00000338. The second kappa shape index (κ2) is 11.6. The molecule has 0 atom stereocenters. The van der Waals surface area contributed by atoms with Gasteiger partial charge in [-0.05, 0) is 29.8 Å². The third kappa shape index (κ3) is 7.47. The van der Waals surface area contributed by atoms with Gasteiger partial charge in [-0.15, -0.1) is 24.0 Å². The summed E-state index contributed by atoms with van der Waals surface area (Å²) < 4.78 is 5.30. The quantitative estimate of drug-likeness (QED) is 0.329. The first kappa shape index (κ1) is 22.0. The number of nitrogens with zero attached hydrogens (tertiary/aromatic N) is 1. The van der Waals surface area contributed by atoms with Crippen LogP contribution in [0.25, 0.3) is 0 Å². The van der Waals surface area contributed by atoms with Crippen LogP contribution in [0.3, 0.4) is 0 Å². The van der Waals surface area contributed by atoms with Crippen molar-refractivity contribution < 1.29 is 9.21 Å². The highest BCUT2D eigenvalue weighted by Crippen LogP contribution is 2.11. The van der Waals surface area contributed by atoms with E-state index in [2.05, 4.69) is 20.9 Å². The van der Waals surface area contributed by atoms with E-state index in [-0.39, 0.29) is 35.8 Å². The Bertz CT molecular complexity index is 682. The Hall–Kier alpha value is -2.03. The molecular formula is C19H27IN4O2. The Morgan fingerprint density at radius 2 is 1.88 bits per heavy atom. The van der Waals surface area contributed by atoms with E-state index in [0.717, 1.165) is 35.9 Å². The Morgan fingerprint density at radius 1 is 1.15 bits per heavy atom. The van der Waals surface area contributed by atoms with Crippen LogP contribution in [0, 0.1) is 5.92 Å². The Morgan fingerprint density at radius 3 is 2.46 bits per heavy atom. The number of carbonyl (C=O) groups is 1. The van der Waals surface area contributed by atoms with Crippen LogP contribution >= 0.6 is 24.0 Å². The number of nitrogens with one attached hydrogen (secondary N) is 3. The summed E-state index contributed by atoms with van der Waals surface area (Å²) in [4.78, 5) is 15.9. The number of hydrogen-bond acceptors (Lipinski definition) is 3. The zero-order valence-corrected chi connectivity index (χ0v) is 17.7. The van der Waals surface area contributed by atoms with Gasteiger partial charge in [-0.1, -0.05) is 26.0 Å². The van der Waals surface area contributed by atoms with Gasteiger partial charge >= 0.3 is 0 Å². The van der Waals surface area contributed by atoms with Gasteiger partial charge in [0, 0.05) is 38.2 Å². The fraction of sp³-hybridized carbons (Fsp3) is 0.368. The highest BCUT2D eigenvalue weighted by molar-refractivity contribution is 14.0. The van der Waals surface area contributed by atoms with Crippen LogP contribution < -0.4 is 16.0 Å². The second-order valence-electron chi connectivity index (χ2n) is 6.02. The predicted molar refractivity (Wildman–Crippen MR) is 116 cm³/mol. The normalized spacial score (nSPS) is 11.0. The molecular weight excluding hydrogens is 443 g/mol. The van der Waals surface area contributed by atoms with Crippen LogP contribution in [0.5, 0.6) is 0 Å². The Labute approximate surface area is 171 Å². The monoisotopic (exact) mass is 470 g/mol. The Kier molecular flexibility index (Phi) is 9.79. The fourth-order valence-corrected chi connectivity index (χ4v) is 2.16. The van der Waals surface area contributed by atoms with Crippen molar-refractivity contribution in [3.8, 4) is 0 Å². The zero-order chi connectivity index (χ0) is 18.1. The lowest BCUT2D eigenvalue weighted by molar-refractivity contribution is -0.118. The highest BCUT2D eigenvalue weighted by Gasteiger charge is 2.06. The molecule has 0 aliphatic rings. The molecule has 0 aliphatic heterocycles. The molecule has 0 saturated carbocycles. The number of rotatable bonds is 7. The number of benzene rings is 1. The fourth-order valence-electron chi connectivity index (χ4n) is 2.16. The number of anilines is 1.